The molecule has 134 valence electrons. The van der Waals surface area contributed by atoms with E-state index in [0.717, 1.165) is 0 Å². The van der Waals surface area contributed by atoms with Crippen molar-refractivity contribution in [2.75, 3.05) is 26.2 Å². The van der Waals surface area contributed by atoms with Crippen LogP contribution in [0.5, 0.6) is 0 Å². The summed E-state index contributed by atoms with van der Waals surface area (Å²) in [6.07, 6.45) is -0.768. The van der Waals surface area contributed by atoms with E-state index in [1.807, 2.05) is 41.5 Å². The fraction of sp³-hybridized carbons (Fsp3) is 0.875. The van der Waals surface area contributed by atoms with E-state index in [2.05, 4.69) is 0 Å². The van der Waals surface area contributed by atoms with Crippen LogP contribution in [0.3, 0.4) is 0 Å². The quantitative estimate of drug-likeness (QED) is 0.857. The lowest BCUT2D eigenvalue weighted by atomic mass is 10.2. The molecule has 0 radical (unpaired) electrons. The van der Waals surface area contributed by atoms with Crippen molar-refractivity contribution in [3.8, 4) is 0 Å². The molecule has 0 aromatic rings. The molecule has 1 atom stereocenters. The van der Waals surface area contributed by atoms with Crippen LogP contribution in [0.1, 0.15) is 48.0 Å². The zero-order chi connectivity index (χ0) is 17.8. The summed E-state index contributed by atoms with van der Waals surface area (Å²) in [4.78, 5) is 26.5. The summed E-state index contributed by atoms with van der Waals surface area (Å²) in [6.45, 7) is 12.8. The van der Waals surface area contributed by atoms with Crippen molar-refractivity contribution >= 4 is 12.2 Å². The standard InChI is InChI=1S/C16H30N2O5/c1-15(2,3)22-10-9-18(14(21)23-16(4,5)6)12-7-8-17(11-12)13(19)20/h12H,7-11H2,1-6H3,(H,19,20). The first-order valence-electron chi connectivity index (χ1n) is 8.00. The van der Waals surface area contributed by atoms with Crippen LogP contribution in [0.2, 0.25) is 0 Å². The van der Waals surface area contributed by atoms with E-state index in [-0.39, 0.29) is 11.6 Å². The molecular formula is C16H30N2O5. The number of ether oxygens (including phenoxy) is 2. The van der Waals surface area contributed by atoms with Gasteiger partial charge in [-0.1, -0.05) is 0 Å². The summed E-state index contributed by atoms with van der Waals surface area (Å²) in [7, 11) is 0. The Hall–Kier alpha value is -1.50. The Balaban J connectivity index is 2.72. The van der Waals surface area contributed by atoms with Gasteiger partial charge in [0.1, 0.15) is 5.60 Å². The van der Waals surface area contributed by atoms with Crippen molar-refractivity contribution in [1.29, 1.82) is 0 Å². The van der Waals surface area contributed by atoms with Crippen LogP contribution in [-0.2, 0) is 9.47 Å². The van der Waals surface area contributed by atoms with Gasteiger partial charge in [-0.15, -0.1) is 0 Å². The van der Waals surface area contributed by atoms with Crippen molar-refractivity contribution in [2.45, 2.75) is 65.2 Å². The normalized spacial score (nSPS) is 18.9. The Morgan fingerprint density at radius 1 is 1.17 bits per heavy atom. The topological polar surface area (TPSA) is 79.3 Å². The smallest absolute Gasteiger partial charge is 0.410 e. The fourth-order valence-electron chi connectivity index (χ4n) is 2.36. The van der Waals surface area contributed by atoms with Crippen LogP contribution in [-0.4, -0.2) is 70.6 Å². The molecule has 0 aromatic heterocycles. The third-order valence-electron chi connectivity index (χ3n) is 3.37. The van der Waals surface area contributed by atoms with E-state index < -0.39 is 17.8 Å². The molecular weight excluding hydrogens is 300 g/mol. The zero-order valence-corrected chi connectivity index (χ0v) is 15.1. The van der Waals surface area contributed by atoms with Gasteiger partial charge in [0.05, 0.1) is 18.2 Å². The SMILES string of the molecule is CC(C)(C)OCCN(C(=O)OC(C)(C)C)C1CCN(C(=O)O)C1. The van der Waals surface area contributed by atoms with Crippen molar-refractivity contribution in [3.63, 3.8) is 0 Å². The van der Waals surface area contributed by atoms with Crippen LogP contribution >= 0.6 is 0 Å². The molecule has 1 N–H and O–H groups in total. The summed E-state index contributed by atoms with van der Waals surface area (Å²) in [5.41, 5.74) is -0.881. The number of likely N-dealkylation sites (tertiary alicyclic amines) is 1. The van der Waals surface area contributed by atoms with E-state index in [1.54, 1.807) is 4.90 Å². The van der Waals surface area contributed by atoms with Gasteiger partial charge in [0.2, 0.25) is 0 Å². The van der Waals surface area contributed by atoms with E-state index in [4.69, 9.17) is 14.6 Å². The highest BCUT2D eigenvalue weighted by molar-refractivity contribution is 5.69. The van der Waals surface area contributed by atoms with Crippen LogP contribution < -0.4 is 0 Å². The third kappa shape index (κ3) is 7.07. The molecule has 0 aromatic carbocycles. The van der Waals surface area contributed by atoms with E-state index in [1.165, 1.54) is 4.90 Å². The van der Waals surface area contributed by atoms with Crippen molar-refractivity contribution < 1.29 is 24.2 Å². The van der Waals surface area contributed by atoms with Gasteiger partial charge in [-0.2, -0.15) is 0 Å². The Morgan fingerprint density at radius 3 is 2.22 bits per heavy atom. The van der Waals surface area contributed by atoms with Crippen LogP contribution in [0.25, 0.3) is 0 Å². The van der Waals surface area contributed by atoms with Crippen molar-refractivity contribution in [2.24, 2.45) is 0 Å². The second kappa shape index (κ2) is 7.38. The first-order valence-corrected chi connectivity index (χ1v) is 8.00. The molecule has 7 heteroatoms. The van der Waals surface area contributed by atoms with Gasteiger partial charge in [0.15, 0.2) is 0 Å². The molecule has 1 unspecified atom stereocenters. The summed E-state index contributed by atoms with van der Waals surface area (Å²) < 4.78 is 11.2. The fourth-order valence-corrected chi connectivity index (χ4v) is 2.36. The molecule has 0 aliphatic carbocycles. The van der Waals surface area contributed by atoms with E-state index in [9.17, 15) is 9.59 Å². The Bertz CT molecular complexity index is 425. The van der Waals surface area contributed by atoms with Crippen molar-refractivity contribution in [3.05, 3.63) is 0 Å². The highest BCUT2D eigenvalue weighted by atomic mass is 16.6. The van der Waals surface area contributed by atoms with Crippen LogP contribution in [0.15, 0.2) is 0 Å². The summed E-state index contributed by atoms with van der Waals surface area (Å²) in [5.74, 6) is 0. The maximum absolute atomic E-state index is 12.5. The molecule has 1 fully saturated rings. The number of amides is 2. The Labute approximate surface area is 138 Å². The zero-order valence-electron chi connectivity index (χ0n) is 15.1. The van der Waals surface area contributed by atoms with Gasteiger partial charge < -0.3 is 24.4 Å². The molecule has 0 spiro atoms. The number of carbonyl (C=O) groups excluding carboxylic acids is 1. The number of carbonyl (C=O) groups is 2. The van der Waals surface area contributed by atoms with Gasteiger partial charge in [0, 0.05) is 19.6 Å². The predicted molar refractivity (Wildman–Crippen MR) is 86.6 cm³/mol. The molecule has 1 saturated heterocycles. The maximum Gasteiger partial charge on any atom is 0.410 e. The molecule has 23 heavy (non-hydrogen) atoms. The average Bonchev–Trinajstić information content (AvgIpc) is 2.80. The minimum Gasteiger partial charge on any atom is -0.465 e. The highest BCUT2D eigenvalue weighted by Gasteiger charge is 2.35. The number of hydrogen-bond donors (Lipinski definition) is 1. The summed E-state index contributed by atoms with van der Waals surface area (Å²) in [5, 5.41) is 9.09. The molecule has 1 heterocycles. The summed E-state index contributed by atoms with van der Waals surface area (Å²) >= 11 is 0. The lowest BCUT2D eigenvalue weighted by molar-refractivity contribution is -0.0266. The number of hydrogen-bond acceptors (Lipinski definition) is 4. The molecule has 1 rings (SSSR count). The van der Waals surface area contributed by atoms with Crippen LogP contribution in [0, 0.1) is 0 Å². The molecule has 7 nitrogen and oxygen atoms in total. The number of carboxylic acid groups (broad SMARTS) is 1. The minimum atomic E-state index is -0.956. The van der Waals surface area contributed by atoms with Gasteiger partial charge in [-0.25, -0.2) is 9.59 Å². The number of rotatable bonds is 4. The van der Waals surface area contributed by atoms with Gasteiger partial charge in [-0.3, -0.25) is 0 Å². The average molecular weight is 330 g/mol. The predicted octanol–water partition coefficient (Wildman–Crippen LogP) is 2.79. The van der Waals surface area contributed by atoms with E-state index in [0.29, 0.717) is 32.7 Å². The first kappa shape index (κ1) is 19.5. The monoisotopic (exact) mass is 330 g/mol. The van der Waals surface area contributed by atoms with Gasteiger partial charge in [-0.05, 0) is 48.0 Å². The summed E-state index contributed by atoms with van der Waals surface area (Å²) in [6, 6.07) is -0.176. The van der Waals surface area contributed by atoms with E-state index >= 15 is 0 Å². The Morgan fingerprint density at radius 2 is 1.78 bits per heavy atom. The molecule has 0 saturated carbocycles. The minimum absolute atomic E-state index is 0.176. The maximum atomic E-state index is 12.5. The lowest BCUT2D eigenvalue weighted by Gasteiger charge is -2.32. The lowest BCUT2D eigenvalue weighted by Crippen LogP contribution is -2.47. The van der Waals surface area contributed by atoms with Crippen molar-refractivity contribution in [1.82, 2.24) is 9.80 Å². The largest absolute Gasteiger partial charge is 0.465 e. The molecule has 1 aliphatic heterocycles. The van der Waals surface area contributed by atoms with Gasteiger partial charge >= 0.3 is 12.2 Å². The second-order valence-electron chi connectivity index (χ2n) is 7.81. The van der Waals surface area contributed by atoms with Gasteiger partial charge in [0.25, 0.3) is 0 Å². The Kier molecular flexibility index (Phi) is 6.27. The molecule has 1 aliphatic rings. The second-order valence-corrected chi connectivity index (χ2v) is 7.81. The molecule has 2 amide bonds. The highest BCUT2D eigenvalue weighted by Crippen LogP contribution is 2.19. The van der Waals surface area contributed by atoms with Crippen LogP contribution in [0.4, 0.5) is 9.59 Å². The molecule has 0 bridgehead atoms. The first-order chi connectivity index (χ1) is 10.4. The number of nitrogens with zero attached hydrogens (tertiary/aromatic N) is 2. The third-order valence-corrected chi connectivity index (χ3v) is 3.37.